The number of carboxylic acids is 1. The van der Waals surface area contributed by atoms with E-state index in [-0.39, 0.29) is 12.3 Å². The van der Waals surface area contributed by atoms with E-state index in [1.165, 1.54) is 4.90 Å². The molecular weight excluding hydrogens is 256 g/mol. The number of benzene rings is 1. The number of nitrogens with zero attached hydrogens (tertiary/aromatic N) is 1. The van der Waals surface area contributed by atoms with Crippen LogP contribution in [0.2, 0.25) is 0 Å². The first-order valence-corrected chi connectivity index (χ1v) is 6.68. The van der Waals surface area contributed by atoms with Crippen LogP contribution in [0.25, 0.3) is 0 Å². The van der Waals surface area contributed by atoms with Crippen LogP contribution in [-0.2, 0) is 15.1 Å². The van der Waals surface area contributed by atoms with Crippen LogP contribution in [0.4, 0.5) is 0 Å². The van der Waals surface area contributed by atoms with E-state index in [9.17, 15) is 9.59 Å². The molecule has 110 valence electrons. The van der Waals surface area contributed by atoms with Crippen molar-refractivity contribution in [1.82, 2.24) is 4.90 Å². The van der Waals surface area contributed by atoms with Gasteiger partial charge in [-0.1, -0.05) is 30.3 Å². The maximum atomic E-state index is 12.6. The number of carbonyl (C=O) groups is 2. The highest BCUT2D eigenvalue weighted by molar-refractivity contribution is 5.87. The van der Waals surface area contributed by atoms with Gasteiger partial charge in [-0.05, 0) is 26.3 Å². The molecule has 5 heteroatoms. The molecule has 0 fully saturated rings. The van der Waals surface area contributed by atoms with Gasteiger partial charge in [0.2, 0.25) is 5.91 Å². The van der Waals surface area contributed by atoms with Gasteiger partial charge in [0.05, 0.1) is 6.42 Å². The van der Waals surface area contributed by atoms with Gasteiger partial charge in [-0.25, -0.2) is 0 Å². The van der Waals surface area contributed by atoms with Crippen LogP contribution in [0, 0.1) is 0 Å². The lowest BCUT2D eigenvalue weighted by atomic mass is 9.91. The number of hydrogen-bond acceptors (Lipinski definition) is 3. The number of hydrogen-bond donors (Lipinski definition) is 2. The van der Waals surface area contributed by atoms with Gasteiger partial charge in [-0.3, -0.25) is 9.59 Å². The van der Waals surface area contributed by atoms with Gasteiger partial charge in [0.1, 0.15) is 5.54 Å². The molecule has 0 heterocycles. The van der Waals surface area contributed by atoms with Crippen molar-refractivity contribution in [3.63, 3.8) is 0 Å². The van der Waals surface area contributed by atoms with Crippen molar-refractivity contribution < 1.29 is 14.7 Å². The first kappa shape index (κ1) is 16.2. The van der Waals surface area contributed by atoms with Crippen LogP contribution in [-0.4, -0.2) is 34.5 Å². The molecular formula is C15H22N2O3. The van der Waals surface area contributed by atoms with Crippen LogP contribution in [0.3, 0.4) is 0 Å². The highest BCUT2D eigenvalue weighted by atomic mass is 16.4. The third-order valence-electron chi connectivity index (χ3n) is 3.42. The summed E-state index contributed by atoms with van der Waals surface area (Å²) < 4.78 is 0. The van der Waals surface area contributed by atoms with Crippen molar-refractivity contribution in [2.24, 2.45) is 5.73 Å². The largest absolute Gasteiger partial charge is 0.481 e. The molecule has 0 radical (unpaired) electrons. The summed E-state index contributed by atoms with van der Waals surface area (Å²) in [5.74, 6) is -1.19. The first-order valence-electron chi connectivity index (χ1n) is 6.68. The van der Waals surface area contributed by atoms with E-state index in [1.54, 1.807) is 26.0 Å². The average Bonchev–Trinajstić information content (AvgIpc) is 2.39. The number of carbonyl (C=O) groups excluding carboxylic acids is 1. The second kappa shape index (κ2) is 6.52. The summed E-state index contributed by atoms with van der Waals surface area (Å²) in [6.45, 7) is 5.61. The molecule has 0 aliphatic carbocycles. The Hall–Kier alpha value is -1.88. The Labute approximate surface area is 119 Å². The molecule has 3 N–H and O–H groups in total. The van der Waals surface area contributed by atoms with E-state index in [4.69, 9.17) is 10.8 Å². The summed E-state index contributed by atoms with van der Waals surface area (Å²) in [4.78, 5) is 24.9. The van der Waals surface area contributed by atoms with Gasteiger partial charge in [0.25, 0.3) is 0 Å². The smallest absolute Gasteiger partial charge is 0.305 e. The van der Waals surface area contributed by atoms with Gasteiger partial charge in [-0.15, -0.1) is 0 Å². The monoisotopic (exact) mass is 278 g/mol. The molecule has 1 rings (SSSR count). The summed E-state index contributed by atoms with van der Waals surface area (Å²) in [5, 5.41) is 8.86. The lowest BCUT2D eigenvalue weighted by Crippen LogP contribution is -2.53. The van der Waals surface area contributed by atoms with Crippen LogP contribution < -0.4 is 5.73 Å². The number of amides is 1. The summed E-state index contributed by atoms with van der Waals surface area (Å²) in [5.41, 5.74) is 5.74. The molecule has 2 atom stereocenters. The molecule has 0 aliphatic rings. The van der Waals surface area contributed by atoms with Crippen LogP contribution in [0.5, 0.6) is 0 Å². The zero-order valence-electron chi connectivity index (χ0n) is 12.2. The summed E-state index contributed by atoms with van der Waals surface area (Å²) in [7, 11) is 0. The molecule has 0 saturated carbocycles. The van der Waals surface area contributed by atoms with Gasteiger partial charge in [-0.2, -0.15) is 0 Å². The molecule has 0 spiro atoms. The third-order valence-corrected chi connectivity index (χ3v) is 3.42. The molecule has 20 heavy (non-hydrogen) atoms. The van der Waals surface area contributed by atoms with Gasteiger partial charge in [0, 0.05) is 12.6 Å². The van der Waals surface area contributed by atoms with Gasteiger partial charge < -0.3 is 15.7 Å². The fraction of sp³-hybridized carbons (Fsp3) is 0.467. The number of aliphatic carboxylic acids is 1. The maximum Gasteiger partial charge on any atom is 0.305 e. The van der Waals surface area contributed by atoms with E-state index < -0.39 is 17.6 Å². The minimum absolute atomic E-state index is 0.0928. The van der Waals surface area contributed by atoms with E-state index in [0.29, 0.717) is 12.1 Å². The number of likely N-dealkylation sites (N-methyl/N-ethyl adjacent to an activating group) is 1. The molecule has 5 nitrogen and oxygen atoms in total. The second-order valence-corrected chi connectivity index (χ2v) is 5.11. The zero-order valence-corrected chi connectivity index (χ0v) is 12.2. The normalized spacial score (nSPS) is 15.2. The Morgan fingerprint density at radius 2 is 1.90 bits per heavy atom. The standard InChI is InChI=1S/C15H22N2O3/c1-4-17(11(2)10-13(18)19)14(20)15(3,16)12-8-6-5-7-9-12/h5-9,11H,4,10,16H2,1-3H3,(H,18,19). The van der Waals surface area contributed by atoms with Crippen LogP contribution in [0.1, 0.15) is 32.8 Å². The Morgan fingerprint density at radius 1 is 1.35 bits per heavy atom. The van der Waals surface area contributed by atoms with E-state index in [1.807, 2.05) is 25.1 Å². The SMILES string of the molecule is CCN(C(=O)C(C)(N)c1ccccc1)C(C)CC(=O)O. The molecule has 1 aromatic carbocycles. The maximum absolute atomic E-state index is 12.6. The average molecular weight is 278 g/mol. The Morgan fingerprint density at radius 3 is 2.35 bits per heavy atom. The highest BCUT2D eigenvalue weighted by Gasteiger charge is 2.36. The first-order chi connectivity index (χ1) is 9.30. The topological polar surface area (TPSA) is 83.6 Å². The highest BCUT2D eigenvalue weighted by Crippen LogP contribution is 2.22. The number of carboxylic acid groups (broad SMARTS) is 1. The van der Waals surface area contributed by atoms with E-state index in [2.05, 4.69) is 0 Å². The summed E-state index contributed by atoms with van der Waals surface area (Å²) in [6, 6.07) is 8.71. The number of rotatable bonds is 6. The lowest BCUT2D eigenvalue weighted by Gasteiger charge is -2.35. The molecule has 1 amide bonds. The summed E-state index contributed by atoms with van der Waals surface area (Å²) in [6.07, 6.45) is -0.0928. The quantitative estimate of drug-likeness (QED) is 0.827. The Balaban J connectivity index is 2.98. The van der Waals surface area contributed by atoms with Crippen LogP contribution >= 0.6 is 0 Å². The summed E-state index contributed by atoms with van der Waals surface area (Å²) >= 11 is 0. The number of nitrogens with two attached hydrogens (primary N) is 1. The fourth-order valence-electron chi connectivity index (χ4n) is 2.22. The van der Waals surface area contributed by atoms with Crippen molar-refractivity contribution in [2.75, 3.05) is 6.54 Å². The van der Waals surface area contributed by atoms with Crippen LogP contribution in [0.15, 0.2) is 30.3 Å². The van der Waals surface area contributed by atoms with Crippen molar-refractivity contribution in [3.05, 3.63) is 35.9 Å². The van der Waals surface area contributed by atoms with Crippen molar-refractivity contribution in [2.45, 2.75) is 38.8 Å². The molecule has 0 aromatic heterocycles. The fourth-order valence-corrected chi connectivity index (χ4v) is 2.22. The zero-order chi connectivity index (χ0) is 15.3. The minimum atomic E-state index is -1.16. The molecule has 0 aliphatic heterocycles. The van der Waals surface area contributed by atoms with E-state index >= 15 is 0 Å². The van der Waals surface area contributed by atoms with Crippen molar-refractivity contribution >= 4 is 11.9 Å². The third kappa shape index (κ3) is 3.57. The Kier molecular flexibility index (Phi) is 5.27. The molecule has 0 bridgehead atoms. The Bertz CT molecular complexity index is 471. The molecule has 0 saturated heterocycles. The van der Waals surface area contributed by atoms with E-state index in [0.717, 1.165) is 0 Å². The predicted octanol–water partition coefficient (Wildman–Crippen LogP) is 1.57. The lowest BCUT2D eigenvalue weighted by molar-refractivity contribution is -0.142. The van der Waals surface area contributed by atoms with Crippen molar-refractivity contribution in [1.29, 1.82) is 0 Å². The van der Waals surface area contributed by atoms with Gasteiger partial charge >= 0.3 is 5.97 Å². The van der Waals surface area contributed by atoms with Gasteiger partial charge in [0.15, 0.2) is 0 Å². The predicted molar refractivity (Wildman–Crippen MR) is 77.1 cm³/mol. The second-order valence-electron chi connectivity index (χ2n) is 5.11. The molecule has 2 unspecified atom stereocenters. The minimum Gasteiger partial charge on any atom is -0.481 e. The molecule has 1 aromatic rings. The van der Waals surface area contributed by atoms with Crippen molar-refractivity contribution in [3.8, 4) is 0 Å².